The van der Waals surface area contributed by atoms with Gasteiger partial charge in [0, 0.05) is 11.1 Å². The Morgan fingerprint density at radius 3 is 2.56 bits per heavy atom. The Labute approximate surface area is 116 Å². The van der Waals surface area contributed by atoms with Crippen LogP contribution in [0, 0.1) is 11.8 Å². The van der Waals surface area contributed by atoms with E-state index in [2.05, 4.69) is 32.2 Å². The topological polar surface area (TPSA) is 38.0 Å². The fourth-order valence-electron chi connectivity index (χ4n) is 2.03. The molecule has 0 radical (unpaired) electrons. The van der Waals surface area contributed by atoms with Crippen molar-refractivity contribution >= 4 is 11.6 Å². The maximum Gasteiger partial charge on any atom is 0.0408 e. The average Bonchev–Trinajstić information content (AvgIpc) is 2.29. The first-order valence-corrected chi connectivity index (χ1v) is 7.08. The van der Waals surface area contributed by atoms with Crippen molar-refractivity contribution in [2.75, 3.05) is 13.1 Å². The van der Waals surface area contributed by atoms with E-state index in [4.69, 9.17) is 17.3 Å². The van der Waals surface area contributed by atoms with Crippen molar-refractivity contribution in [3.05, 3.63) is 34.9 Å². The van der Waals surface area contributed by atoms with Crippen molar-refractivity contribution in [1.29, 1.82) is 0 Å². The van der Waals surface area contributed by atoms with Gasteiger partial charge in [-0.2, -0.15) is 0 Å². The van der Waals surface area contributed by atoms with Crippen LogP contribution in [0.2, 0.25) is 5.02 Å². The summed E-state index contributed by atoms with van der Waals surface area (Å²) >= 11 is 5.98. The molecule has 0 aliphatic heterocycles. The molecule has 0 bridgehead atoms. The second kappa shape index (κ2) is 7.78. The van der Waals surface area contributed by atoms with E-state index in [1.54, 1.807) is 0 Å². The van der Waals surface area contributed by atoms with Gasteiger partial charge in [0.1, 0.15) is 0 Å². The first-order valence-electron chi connectivity index (χ1n) is 6.70. The van der Waals surface area contributed by atoms with E-state index in [1.807, 2.05) is 18.2 Å². The van der Waals surface area contributed by atoms with Crippen molar-refractivity contribution in [1.82, 2.24) is 5.32 Å². The predicted octanol–water partition coefficient (Wildman–Crippen LogP) is 3.09. The smallest absolute Gasteiger partial charge is 0.0408 e. The molecule has 0 aliphatic rings. The van der Waals surface area contributed by atoms with Crippen LogP contribution in [0.15, 0.2) is 24.3 Å². The number of halogens is 1. The summed E-state index contributed by atoms with van der Waals surface area (Å²) in [6, 6.07) is 8.50. The molecule has 2 unspecified atom stereocenters. The van der Waals surface area contributed by atoms with Gasteiger partial charge >= 0.3 is 0 Å². The van der Waals surface area contributed by atoms with E-state index in [9.17, 15) is 0 Å². The predicted molar refractivity (Wildman–Crippen MR) is 80.0 cm³/mol. The molecule has 0 saturated heterocycles. The summed E-state index contributed by atoms with van der Waals surface area (Å²) < 4.78 is 0. The van der Waals surface area contributed by atoms with E-state index in [1.165, 1.54) is 5.56 Å². The number of hydrogen-bond donors (Lipinski definition) is 2. The van der Waals surface area contributed by atoms with E-state index in [0.717, 1.165) is 24.5 Å². The molecule has 0 aliphatic carbocycles. The van der Waals surface area contributed by atoms with E-state index in [-0.39, 0.29) is 0 Å². The first kappa shape index (κ1) is 15.5. The lowest BCUT2D eigenvalue weighted by Gasteiger charge is -2.22. The third-order valence-electron chi connectivity index (χ3n) is 3.40. The molecule has 102 valence electrons. The SMILES string of the molecule is CC(Cc1cccc(Cl)c1)NCC(CN)C(C)C. The molecule has 0 spiro atoms. The normalized spacial score (nSPS) is 14.8. The summed E-state index contributed by atoms with van der Waals surface area (Å²) in [7, 11) is 0. The summed E-state index contributed by atoms with van der Waals surface area (Å²) in [5, 5.41) is 4.37. The summed E-state index contributed by atoms with van der Waals surface area (Å²) in [5.74, 6) is 1.17. The molecular formula is C15H25ClN2. The largest absolute Gasteiger partial charge is 0.330 e. The fourth-order valence-corrected chi connectivity index (χ4v) is 2.25. The molecule has 0 aromatic heterocycles. The zero-order valence-corrected chi connectivity index (χ0v) is 12.4. The Kier molecular flexibility index (Phi) is 6.69. The minimum atomic E-state index is 0.441. The van der Waals surface area contributed by atoms with Crippen LogP contribution in [0.4, 0.5) is 0 Å². The third kappa shape index (κ3) is 5.38. The highest BCUT2D eigenvalue weighted by atomic mass is 35.5. The second-order valence-electron chi connectivity index (χ2n) is 5.38. The van der Waals surface area contributed by atoms with Crippen molar-refractivity contribution in [3.63, 3.8) is 0 Å². The van der Waals surface area contributed by atoms with Crippen LogP contribution in [-0.2, 0) is 6.42 Å². The van der Waals surface area contributed by atoms with E-state index in [0.29, 0.717) is 17.9 Å². The van der Waals surface area contributed by atoms with Crippen LogP contribution < -0.4 is 11.1 Å². The fraction of sp³-hybridized carbons (Fsp3) is 0.600. The van der Waals surface area contributed by atoms with Gasteiger partial charge in [-0.15, -0.1) is 0 Å². The number of benzene rings is 1. The maximum absolute atomic E-state index is 5.98. The Morgan fingerprint density at radius 1 is 1.28 bits per heavy atom. The number of rotatable bonds is 7. The van der Waals surface area contributed by atoms with Crippen LogP contribution in [0.3, 0.4) is 0 Å². The monoisotopic (exact) mass is 268 g/mol. The van der Waals surface area contributed by atoms with Crippen molar-refractivity contribution < 1.29 is 0 Å². The second-order valence-corrected chi connectivity index (χ2v) is 5.82. The van der Waals surface area contributed by atoms with Crippen LogP contribution in [0.5, 0.6) is 0 Å². The molecule has 2 nitrogen and oxygen atoms in total. The van der Waals surface area contributed by atoms with Gasteiger partial charge in [0.25, 0.3) is 0 Å². The Bertz CT molecular complexity index is 352. The van der Waals surface area contributed by atoms with E-state index < -0.39 is 0 Å². The molecular weight excluding hydrogens is 244 g/mol. The zero-order valence-electron chi connectivity index (χ0n) is 11.6. The van der Waals surface area contributed by atoms with Gasteiger partial charge in [-0.3, -0.25) is 0 Å². The van der Waals surface area contributed by atoms with Gasteiger partial charge in [-0.1, -0.05) is 37.6 Å². The molecule has 1 rings (SSSR count). The molecule has 0 heterocycles. The van der Waals surface area contributed by atoms with Gasteiger partial charge in [0.15, 0.2) is 0 Å². The zero-order chi connectivity index (χ0) is 13.5. The molecule has 3 N–H and O–H groups in total. The van der Waals surface area contributed by atoms with E-state index >= 15 is 0 Å². The number of hydrogen-bond acceptors (Lipinski definition) is 2. The first-order chi connectivity index (χ1) is 8.52. The van der Waals surface area contributed by atoms with Crippen molar-refractivity contribution in [2.45, 2.75) is 33.2 Å². The molecule has 3 heteroatoms. The molecule has 0 fully saturated rings. The van der Waals surface area contributed by atoms with Crippen LogP contribution in [0.25, 0.3) is 0 Å². The molecule has 18 heavy (non-hydrogen) atoms. The Morgan fingerprint density at radius 2 is 2.00 bits per heavy atom. The van der Waals surface area contributed by atoms with Crippen molar-refractivity contribution in [3.8, 4) is 0 Å². The molecule has 2 atom stereocenters. The summed E-state index contributed by atoms with van der Waals surface area (Å²) in [6.07, 6.45) is 0.996. The average molecular weight is 269 g/mol. The summed E-state index contributed by atoms with van der Waals surface area (Å²) in [4.78, 5) is 0. The van der Waals surface area contributed by atoms with Gasteiger partial charge in [0.05, 0.1) is 0 Å². The third-order valence-corrected chi connectivity index (χ3v) is 3.64. The summed E-state index contributed by atoms with van der Waals surface area (Å²) in [5.41, 5.74) is 7.05. The minimum Gasteiger partial charge on any atom is -0.330 e. The quantitative estimate of drug-likeness (QED) is 0.798. The minimum absolute atomic E-state index is 0.441. The van der Waals surface area contributed by atoms with Gasteiger partial charge in [-0.25, -0.2) is 0 Å². The lowest BCUT2D eigenvalue weighted by molar-refractivity contribution is 0.354. The summed E-state index contributed by atoms with van der Waals surface area (Å²) in [6.45, 7) is 8.38. The van der Waals surface area contributed by atoms with Crippen molar-refractivity contribution in [2.24, 2.45) is 17.6 Å². The van der Waals surface area contributed by atoms with Gasteiger partial charge in [-0.05, 0) is 56.0 Å². The van der Waals surface area contributed by atoms with Crippen LogP contribution in [0.1, 0.15) is 26.3 Å². The number of nitrogens with two attached hydrogens (primary N) is 1. The van der Waals surface area contributed by atoms with Crippen LogP contribution in [-0.4, -0.2) is 19.1 Å². The molecule has 0 amide bonds. The maximum atomic E-state index is 5.98. The Balaban J connectivity index is 2.39. The molecule has 1 aromatic carbocycles. The lowest BCUT2D eigenvalue weighted by Crippen LogP contribution is -2.37. The number of nitrogens with one attached hydrogen (secondary N) is 1. The highest BCUT2D eigenvalue weighted by Crippen LogP contribution is 2.13. The van der Waals surface area contributed by atoms with Gasteiger partial charge < -0.3 is 11.1 Å². The molecule has 0 saturated carbocycles. The Hall–Kier alpha value is -0.570. The lowest BCUT2D eigenvalue weighted by atomic mass is 9.95. The standard InChI is InChI=1S/C15H25ClN2/c1-11(2)14(9-17)10-18-12(3)7-13-5-4-6-15(16)8-13/h4-6,8,11-12,14,18H,7,9-10,17H2,1-3H3. The van der Waals surface area contributed by atoms with Crippen LogP contribution >= 0.6 is 11.6 Å². The van der Waals surface area contributed by atoms with Gasteiger partial charge in [0.2, 0.25) is 0 Å². The highest BCUT2D eigenvalue weighted by Gasteiger charge is 2.12. The molecule has 1 aromatic rings. The highest BCUT2D eigenvalue weighted by molar-refractivity contribution is 6.30.